The SMILES string of the molecule is Cl.NC(CC(F)(F)F)C12CC3CC(CC(C3)C1)C2. The maximum atomic E-state index is 12.5. The first-order valence-corrected chi connectivity index (χ1v) is 6.69. The van der Waals surface area contributed by atoms with Crippen molar-refractivity contribution in [3.05, 3.63) is 0 Å². The Morgan fingerprint density at radius 3 is 1.72 bits per heavy atom. The van der Waals surface area contributed by atoms with Crippen molar-refractivity contribution in [3.63, 3.8) is 0 Å². The summed E-state index contributed by atoms with van der Waals surface area (Å²) < 4.78 is 37.5. The fourth-order valence-corrected chi connectivity index (χ4v) is 5.10. The van der Waals surface area contributed by atoms with Gasteiger partial charge in [-0.25, -0.2) is 0 Å². The summed E-state index contributed by atoms with van der Waals surface area (Å²) in [6.07, 6.45) is 1.71. The second-order valence-corrected chi connectivity index (χ2v) is 6.71. The smallest absolute Gasteiger partial charge is 0.327 e. The van der Waals surface area contributed by atoms with Crippen molar-refractivity contribution < 1.29 is 13.2 Å². The number of rotatable bonds is 2. The van der Waals surface area contributed by atoms with Crippen LogP contribution in [0.25, 0.3) is 0 Å². The summed E-state index contributed by atoms with van der Waals surface area (Å²) in [7, 11) is 0. The van der Waals surface area contributed by atoms with Crippen LogP contribution in [0.15, 0.2) is 0 Å². The van der Waals surface area contributed by atoms with Gasteiger partial charge in [-0.05, 0) is 61.7 Å². The molecule has 5 heteroatoms. The Hall–Kier alpha value is 0.0400. The quantitative estimate of drug-likeness (QED) is 0.817. The predicted molar refractivity (Wildman–Crippen MR) is 66.5 cm³/mol. The first-order valence-electron chi connectivity index (χ1n) is 6.69. The van der Waals surface area contributed by atoms with Crippen LogP contribution >= 0.6 is 12.4 Å². The Balaban J connectivity index is 0.00000120. The molecule has 0 spiro atoms. The molecule has 2 N–H and O–H groups in total. The van der Waals surface area contributed by atoms with Crippen LogP contribution in [0, 0.1) is 23.2 Å². The number of nitrogens with two attached hydrogens (primary N) is 1. The van der Waals surface area contributed by atoms with Gasteiger partial charge in [0.15, 0.2) is 0 Å². The molecule has 4 fully saturated rings. The van der Waals surface area contributed by atoms with Crippen LogP contribution in [0.5, 0.6) is 0 Å². The van der Waals surface area contributed by atoms with Crippen molar-refractivity contribution in [3.8, 4) is 0 Å². The topological polar surface area (TPSA) is 26.0 Å². The fourth-order valence-electron chi connectivity index (χ4n) is 5.10. The molecule has 1 unspecified atom stereocenters. The van der Waals surface area contributed by atoms with Crippen LogP contribution < -0.4 is 5.73 Å². The van der Waals surface area contributed by atoms with Gasteiger partial charge in [0, 0.05) is 6.04 Å². The highest BCUT2D eigenvalue weighted by molar-refractivity contribution is 5.85. The molecule has 4 rings (SSSR count). The summed E-state index contributed by atoms with van der Waals surface area (Å²) in [5.74, 6) is 2.00. The average molecular weight is 284 g/mol. The number of hydrogen-bond acceptors (Lipinski definition) is 1. The van der Waals surface area contributed by atoms with Crippen LogP contribution in [-0.4, -0.2) is 12.2 Å². The van der Waals surface area contributed by atoms with E-state index in [-0.39, 0.29) is 17.8 Å². The van der Waals surface area contributed by atoms with Gasteiger partial charge in [-0.2, -0.15) is 13.2 Å². The first kappa shape index (κ1) is 14.4. The van der Waals surface area contributed by atoms with E-state index in [0.29, 0.717) is 17.8 Å². The molecule has 0 heterocycles. The van der Waals surface area contributed by atoms with Crippen LogP contribution in [0.4, 0.5) is 13.2 Å². The third-order valence-electron chi connectivity index (χ3n) is 5.32. The Kier molecular flexibility index (Phi) is 3.65. The molecule has 0 saturated heterocycles. The molecule has 0 radical (unpaired) electrons. The maximum absolute atomic E-state index is 12.5. The predicted octanol–water partition coefficient (Wildman–Crippen LogP) is 3.90. The highest BCUT2D eigenvalue weighted by atomic mass is 35.5. The van der Waals surface area contributed by atoms with E-state index in [1.165, 1.54) is 19.3 Å². The van der Waals surface area contributed by atoms with Gasteiger partial charge in [-0.15, -0.1) is 12.4 Å². The van der Waals surface area contributed by atoms with E-state index in [2.05, 4.69) is 0 Å². The lowest BCUT2D eigenvalue weighted by Gasteiger charge is -2.59. The molecule has 4 saturated carbocycles. The second kappa shape index (κ2) is 4.55. The van der Waals surface area contributed by atoms with Crippen molar-refractivity contribution in [1.82, 2.24) is 0 Å². The zero-order valence-corrected chi connectivity index (χ0v) is 11.2. The Labute approximate surface area is 112 Å². The standard InChI is InChI=1S/C13H20F3N.ClH/c14-13(15,16)7-11(17)12-4-8-1-9(5-12)3-10(2-8)6-12;/h8-11H,1-7,17H2;1H. The number of halogens is 4. The van der Waals surface area contributed by atoms with Gasteiger partial charge in [-0.3, -0.25) is 0 Å². The monoisotopic (exact) mass is 283 g/mol. The third-order valence-corrected chi connectivity index (χ3v) is 5.32. The third kappa shape index (κ3) is 2.51. The summed E-state index contributed by atoms with van der Waals surface area (Å²) in [5.41, 5.74) is 5.76. The molecule has 0 aliphatic heterocycles. The van der Waals surface area contributed by atoms with Crippen LogP contribution in [-0.2, 0) is 0 Å². The molecule has 1 nitrogen and oxygen atoms in total. The van der Waals surface area contributed by atoms with Crippen molar-refractivity contribution >= 4 is 12.4 Å². The molecule has 18 heavy (non-hydrogen) atoms. The van der Waals surface area contributed by atoms with Gasteiger partial charge >= 0.3 is 6.18 Å². The summed E-state index contributed by atoms with van der Waals surface area (Å²) in [6.45, 7) is 0. The number of alkyl halides is 3. The van der Waals surface area contributed by atoms with Gasteiger partial charge in [0.2, 0.25) is 0 Å². The largest absolute Gasteiger partial charge is 0.390 e. The lowest BCUT2D eigenvalue weighted by molar-refractivity contribution is -0.158. The van der Waals surface area contributed by atoms with E-state index in [0.717, 1.165) is 19.3 Å². The number of hydrogen-bond donors (Lipinski definition) is 1. The first-order chi connectivity index (χ1) is 7.86. The molecule has 0 amide bonds. The summed E-state index contributed by atoms with van der Waals surface area (Å²) in [6, 6.07) is -0.670. The van der Waals surface area contributed by atoms with Gasteiger partial charge in [0.1, 0.15) is 0 Å². The Morgan fingerprint density at radius 2 is 1.39 bits per heavy atom. The Morgan fingerprint density at radius 1 is 1.00 bits per heavy atom. The summed E-state index contributed by atoms with van der Waals surface area (Å²) >= 11 is 0. The van der Waals surface area contributed by atoms with E-state index in [1.807, 2.05) is 0 Å². The van der Waals surface area contributed by atoms with Gasteiger partial charge in [0.25, 0.3) is 0 Å². The highest BCUT2D eigenvalue weighted by Crippen LogP contribution is 2.61. The Bertz CT molecular complexity index is 281. The summed E-state index contributed by atoms with van der Waals surface area (Å²) in [4.78, 5) is 0. The average Bonchev–Trinajstić information content (AvgIpc) is 2.12. The van der Waals surface area contributed by atoms with Gasteiger partial charge in [-0.1, -0.05) is 0 Å². The normalized spacial score (nSPS) is 43.7. The molecular weight excluding hydrogens is 263 g/mol. The summed E-state index contributed by atoms with van der Waals surface area (Å²) in [5, 5.41) is 0. The zero-order valence-electron chi connectivity index (χ0n) is 10.4. The van der Waals surface area contributed by atoms with Crippen LogP contribution in [0.3, 0.4) is 0 Å². The van der Waals surface area contributed by atoms with E-state index >= 15 is 0 Å². The van der Waals surface area contributed by atoms with Crippen molar-refractivity contribution in [2.75, 3.05) is 0 Å². The zero-order chi connectivity index (χ0) is 12.3. The fraction of sp³-hybridized carbons (Fsp3) is 1.00. The second-order valence-electron chi connectivity index (χ2n) is 6.71. The van der Waals surface area contributed by atoms with Crippen LogP contribution in [0.2, 0.25) is 0 Å². The molecule has 0 aromatic rings. The minimum absolute atomic E-state index is 0. The molecule has 1 atom stereocenters. The molecule has 4 aliphatic carbocycles. The lowest BCUT2D eigenvalue weighted by Crippen LogP contribution is -2.55. The van der Waals surface area contributed by atoms with Crippen molar-refractivity contribution in [2.24, 2.45) is 28.9 Å². The molecule has 0 aromatic heterocycles. The van der Waals surface area contributed by atoms with Gasteiger partial charge in [0.05, 0.1) is 6.42 Å². The van der Waals surface area contributed by atoms with E-state index in [9.17, 15) is 13.2 Å². The van der Waals surface area contributed by atoms with Gasteiger partial charge < -0.3 is 5.73 Å². The van der Waals surface area contributed by atoms with Crippen LogP contribution in [0.1, 0.15) is 44.9 Å². The molecule has 4 aliphatic rings. The highest BCUT2D eigenvalue weighted by Gasteiger charge is 2.54. The van der Waals surface area contributed by atoms with E-state index in [4.69, 9.17) is 5.73 Å². The minimum Gasteiger partial charge on any atom is -0.327 e. The molecule has 106 valence electrons. The molecular formula is C13H21ClF3N. The van der Waals surface area contributed by atoms with E-state index < -0.39 is 18.6 Å². The maximum Gasteiger partial charge on any atom is 0.390 e. The molecule has 0 aromatic carbocycles. The lowest BCUT2D eigenvalue weighted by atomic mass is 9.47. The molecule has 4 bridgehead atoms. The van der Waals surface area contributed by atoms with E-state index in [1.54, 1.807) is 0 Å². The minimum atomic E-state index is -4.11. The van der Waals surface area contributed by atoms with Crippen molar-refractivity contribution in [2.45, 2.75) is 57.2 Å². The van der Waals surface area contributed by atoms with Crippen molar-refractivity contribution in [1.29, 1.82) is 0 Å².